The van der Waals surface area contributed by atoms with Crippen molar-refractivity contribution in [1.82, 2.24) is 10.3 Å². The molecule has 1 amide bonds. The van der Waals surface area contributed by atoms with Crippen molar-refractivity contribution >= 4 is 23.5 Å². The Morgan fingerprint density at radius 1 is 1.22 bits per heavy atom. The third-order valence-electron chi connectivity index (χ3n) is 6.98. The van der Waals surface area contributed by atoms with Crippen molar-refractivity contribution < 1.29 is 19.4 Å². The molecule has 2 atom stereocenters. The van der Waals surface area contributed by atoms with Crippen LogP contribution in [-0.2, 0) is 15.1 Å². The van der Waals surface area contributed by atoms with Gasteiger partial charge in [0.05, 0.1) is 12.3 Å². The van der Waals surface area contributed by atoms with Gasteiger partial charge < -0.3 is 15.2 Å². The highest BCUT2D eigenvalue weighted by atomic mass is 32.2. The monoisotopic (exact) mass is 506 g/mol. The highest BCUT2D eigenvalue weighted by Gasteiger charge is 2.48. The van der Waals surface area contributed by atoms with E-state index in [1.165, 1.54) is 37.4 Å². The third kappa shape index (κ3) is 5.51. The smallest absolute Gasteiger partial charge is 0.242 e. The molecule has 1 saturated heterocycles. The Balaban J connectivity index is 1.64. The molecular formula is C29H34N2O4S. The first-order valence-corrected chi connectivity index (χ1v) is 13.4. The van der Waals surface area contributed by atoms with Gasteiger partial charge >= 0.3 is 0 Å². The summed E-state index contributed by atoms with van der Waals surface area (Å²) in [6, 6.07) is 10.5. The van der Waals surface area contributed by atoms with Crippen molar-refractivity contribution in [2.75, 3.05) is 6.61 Å². The number of Topliss-reactive ketones (excluding diaryl/α,β-unsaturated/α-hetero) is 1. The first-order chi connectivity index (χ1) is 17.4. The lowest BCUT2D eigenvalue weighted by Gasteiger charge is -2.40. The summed E-state index contributed by atoms with van der Waals surface area (Å²) in [6.07, 6.45) is 10.6. The molecule has 2 aromatic rings. The quantitative estimate of drug-likeness (QED) is 0.356. The van der Waals surface area contributed by atoms with Crippen LogP contribution >= 0.6 is 11.8 Å². The maximum absolute atomic E-state index is 13.5. The first-order valence-electron chi connectivity index (χ1n) is 12.6. The Labute approximate surface area is 217 Å². The zero-order valence-electron chi connectivity index (χ0n) is 21.1. The number of ketones is 1. The number of nitrogens with one attached hydrogen (secondary N) is 1. The fraction of sp³-hybridized carbons (Fsp3) is 0.414. The van der Waals surface area contributed by atoms with Gasteiger partial charge in [0.2, 0.25) is 11.8 Å². The zero-order valence-corrected chi connectivity index (χ0v) is 21.9. The Morgan fingerprint density at radius 2 is 2.00 bits per heavy atom. The number of pyridine rings is 1. The van der Waals surface area contributed by atoms with E-state index in [1.807, 2.05) is 57.2 Å². The van der Waals surface area contributed by atoms with Crippen LogP contribution < -0.4 is 10.1 Å². The Kier molecular flexibility index (Phi) is 8.19. The van der Waals surface area contributed by atoms with Gasteiger partial charge in [-0.25, -0.2) is 4.98 Å². The van der Waals surface area contributed by atoms with Crippen molar-refractivity contribution in [1.29, 1.82) is 0 Å². The first kappa shape index (κ1) is 26.0. The highest BCUT2D eigenvalue weighted by molar-refractivity contribution is 8.01. The second-order valence-electron chi connectivity index (χ2n) is 9.55. The average Bonchev–Trinajstić information content (AvgIpc) is 3.39. The van der Waals surface area contributed by atoms with Gasteiger partial charge in [-0.3, -0.25) is 9.59 Å². The van der Waals surface area contributed by atoms with Gasteiger partial charge in [-0.2, -0.15) is 0 Å². The number of thioether (sulfide) groups is 1. The maximum atomic E-state index is 13.5. The molecule has 1 aliphatic carbocycles. The summed E-state index contributed by atoms with van der Waals surface area (Å²) in [4.78, 5) is 32.5. The molecule has 0 spiro atoms. The zero-order chi connectivity index (χ0) is 25.7. The standard InChI is InChI=1S/C29H34N2O4S/c1-4-9-21(5-2)29(25-12-8-13-26(30-25)35-18-20-10-6-7-11-20)17-23(33)27(28(34)31-29)36-24-16-22(32)15-14-19(24)3/h4-5,8-9,12-16,20,27,32H,6-7,10-11,17-18H2,1-3H3,(H,31,34)/b9-4-,21-5+. The average molecular weight is 507 g/mol. The van der Waals surface area contributed by atoms with Crippen LogP contribution in [-0.4, -0.2) is 33.6 Å². The van der Waals surface area contributed by atoms with Crippen LogP contribution in [0.3, 0.4) is 0 Å². The fourth-order valence-electron chi connectivity index (χ4n) is 5.04. The number of nitrogens with zero attached hydrogens (tertiary/aromatic N) is 1. The number of allylic oxidation sites excluding steroid dienone is 2. The molecule has 2 fully saturated rings. The normalized spacial score (nSPS) is 23.3. The van der Waals surface area contributed by atoms with Gasteiger partial charge in [0.25, 0.3) is 0 Å². The van der Waals surface area contributed by atoms with Gasteiger partial charge in [-0.1, -0.05) is 43.2 Å². The molecule has 1 saturated carbocycles. The number of phenolic OH excluding ortho intramolecular Hbond substituents is 1. The number of carbonyl (C=O) groups is 2. The highest BCUT2D eigenvalue weighted by Crippen LogP contribution is 2.41. The van der Waals surface area contributed by atoms with Crippen LogP contribution in [0.15, 0.2) is 65.1 Å². The molecule has 1 aromatic heterocycles. The van der Waals surface area contributed by atoms with Crippen LogP contribution in [0.2, 0.25) is 0 Å². The molecule has 1 aromatic carbocycles. The number of aryl methyl sites for hydroxylation is 1. The van der Waals surface area contributed by atoms with Crippen LogP contribution in [0.5, 0.6) is 11.6 Å². The number of amides is 1. The van der Waals surface area contributed by atoms with Crippen molar-refractivity contribution in [3.63, 3.8) is 0 Å². The molecule has 2 unspecified atom stereocenters. The molecule has 4 rings (SSSR count). The Morgan fingerprint density at radius 3 is 2.69 bits per heavy atom. The Hall–Kier alpha value is -3.06. The van der Waals surface area contributed by atoms with E-state index in [2.05, 4.69) is 5.32 Å². The summed E-state index contributed by atoms with van der Waals surface area (Å²) in [5.41, 5.74) is 1.18. The van der Waals surface area contributed by atoms with E-state index in [-0.39, 0.29) is 23.9 Å². The van der Waals surface area contributed by atoms with Gasteiger partial charge in [-0.15, -0.1) is 11.8 Å². The number of aromatic hydroxyl groups is 1. The summed E-state index contributed by atoms with van der Waals surface area (Å²) in [5, 5.41) is 12.1. The van der Waals surface area contributed by atoms with Crippen molar-refractivity contribution in [3.05, 3.63) is 71.5 Å². The lowest BCUT2D eigenvalue weighted by Crippen LogP contribution is -2.58. The minimum atomic E-state index is -1.09. The van der Waals surface area contributed by atoms with E-state index in [0.29, 0.717) is 29.0 Å². The van der Waals surface area contributed by atoms with E-state index in [9.17, 15) is 14.7 Å². The van der Waals surface area contributed by atoms with E-state index < -0.39 is 10.8 Å². The molecule has 36 heavy (non-hydrogen) atoms. The molecule has 2 N–H and O–H groups in total. The molecule has 2 heterocycles. The van der Waals surface area contributed by atoms with E-state index >= 15 is 0 Å². The minimum Gasteiger partial charge on any atom is -0.508 e. The lowest BCUT2D eigenvalue weighted by atomic mass is 9.77. The van der Waals surface area contributed by atoms with Crippen LogP contribution in [0, 0.1) is 12.8 Å². The molecule has 0 radical (unpaired) electrons. The fourth-order valence-corrected chi connectivity index (χ4v) is 6.11. The van der Waals surface area contributed by atoms with Crippen LogP contribution in [0.25, 0.3) is 0 Å². The molecule has 1 aliphatic heterocycles. The number of hydrogen-bond acceptors (Lipinski definition) is 6. The molecule has 190 valence electrons. The number of hydrogen-bond donors (Lipinski definition) is 2. The largest absolute Gasteiger partial charge is 0.508 e. The van der Waals surface area contributed by atoms with E-state index in [4.69, 9.17) is 9.72 Å². The summed E-state index contributed by atoms with van der Waals surface area (Å²) < 4.78 is 6.04. The number of phenols is 1. The number of benzene rings is 1. The molecular weight excluding hydrogens is 472 g/mol. The van der Waals surface area contributed by atoms with Crippen molar-refractivity contribution in [2.24, 2.45) is 5.92 Å². The van der Waals surface area contributed by atoms with Crippen LogP contribution in [0.4, 0.5) is 0 Å². The number of ether oxygens (including phenoxy) is 1. The summed E-state index contributed by atoms with van der Waals surface area (Å²) in [5.74, 6) is 0.594. The second kappa shape index (κ2) is 11.3. The molecule has 7 heteroatoms. The number of aromatic nitrogens is 1. The molecule has 0 bridgehead atoms. The summed E-state index contributed by atoms with van der Waals surface area (Å²) >= 11 is 1.17. The lowest BCUT2D eigenvalue weighted by molar-refractivity contribution is -0.133. The predicted octanol–water partition coefficient (Wildman–Crippen LogP) is 5.63. The summed E-state index contributed by atoms with van der Waals surface area (Å²) in [6.45, 7) is 6.32. The topological polar surface area (TPSA) is 88.5 Å². The predicted molar refractivity (Wildman–Crippen MR) is 142 cm³/mol. The minimum absolute atomic E-state index is 0.0668. The second-order valence-corrected chi connectivity index (χ2v) is 10.7. The number of rotatable bonds is 8. The van der Waals surface area contributed by atoms with Crippen LogP contribution in [0.1, 0.15) is 57.2 Å². The third-order valence-corrected chi connectivity index (χ3v) is 8.38. The molecule has 6 nitrogen and oxygen atoms in total. The number of carbonyl (C=O) groups excluding carboxylic acids is 2. The van der Waals surface area contributed by atoms with Gasteiger partial charge in [0, 0.05) is 17.4 Å². The molecule has 2 aliphatic rings. The van der Waals surface area contributed by atoms with Gasteiger partial charge in [-0.05, 0) is 68.9 Å². The number of piperidine rings is 1. The Bertz CT molecular complexity index is 1170. The maximum Gasteiger partial charge on any atom is 0.242 e. The van der Waals surface area contributed by atoms with E-state index in [1.54, 1.807) is 18.2 Å². The van der Waals surface area contributed by atoms with E-state index in [0.717, 1.165) is 11.1 Å². The van der Waals surface area contributed by atoms with Crippen molar-refractivity contribution in [2.45, 2.75) is 68.6 Å². The van der Waals surface area contributed by atoms with Crippen molar-refractivity contribution in [3.8, 4) is 11.6 Å². The van der Waals surface area contributed by atoms with Gasteiger partial charge in [0.1, 0.15) is 16.5 Å². The summed E-state index contributed by atoms with van der Waals surface area (Å²) in [7, 11) is 0. The van der Waals surface area contributed by atoms with Gasteiger partial charge in [0.15, 0.2) is 5.78 Å². The SMILES string of the molecule is C/C=C\C(=C/C)C1(c2cccc(OCC3CCCC3)n2)CC(=O)C(Sc2cc(O)ccc2C)C(=O)N1.